The SMILES string of the molecule is CC1CN(c2ccc(Nc3ncc4c(n3)N3C(C4)C(=O)NCC34CCCC4)nc2)CCN1CC1CC1. The van der Waals surface area contributed by atoms with Gasteiger partial charge in [-0.3, -0.25) is 9.69 Å². The van der Waals surface area contributed by atoms with Crippen LogP contribution in [0, 0.1) is 5.92 Å². The highest BCUT2D eigenvalue weighted by Gasteiger charge is 2.52. The van der Waals surface area contributed by atoms with Crippen LogP contribution in [-0.2, 0) is 11.2 Å². The van der Waals surface area contributed by atoms with Crippen molar-refractivity contribution >= 4 is 29.2 Å². The van der Waals surface area contributed by atoms with E-state index in [1.54, 1.807) is 0 Å². The molecule has 1 amide bonds. The normalized spacial score (nSPS) is 27.2. The number of hydrogen-bond donors (Lipinski definition) is 2. The first-order valence-electron chi connectivity index (χ1n) is 13.7. The number of hydrogen-bond acceptors (Lipinski definition) is 8. The molecule has 2 aromatic heterocycles. The maximum atomic E-state index is 12.7. The van der Waals surface area contributed by atoms with Crippen molar-refractivity contribution in [2.24, 2.45) is 5.92 Å². The zero-order valence-corrected chi connectivity index (χ0v) is 21.1. The van der Waals surface area contributed by atoms with Gasteiger partial charge in [-0.25, -0.2) is 9.97 Å². The van der Waals surface area contributed by atoms with E-state index in [9.17, 15) is 4.79 Å². The number of fused-ring (bicyclic) bond motifs is 4. The summed E-state index contributed by atoms with van der Waals surface area (Å²) in [6.45, 7) is 7.53. The fourth-order valence-corrected chi connectivity index (χ4v) is 6.82. The first kappa shape index (κ1) is 22.3. The van der Waals surface area contributed by atoms with Crippen LogP contribution in [0.15, 0.2) is 24.5 Å². The maximum Gasteiger partial charge on any atom is 0.243 e. The molecule has 0 aromatic carbocycles. The monoisotopic (exact) mass is 488 g/mol. The average Bonchev–Trinajstić information content (AvgIpc) is 3.43. The van der Waals surface area contributed by atoms with E-state index < -0.39 is 0 Å². The van der Waals surface area contributed by atoms with E-state index in [2.05, 4.69) is 48.3 Å². The summed E-state index contributed by atoms with van der Waals surface area (Å²) >= 11 is 0. The summed E-state index contributed by atoms with van der Waals surface area (Å²) in [4.78, 5) is 34.3. The molecule has 7 rings (SSSR count). The van der Waals surface area contributed by atoms with E-state index in [1.165, 1.54) is 37.9 Å². The fraction of sp³-hybridized carbons (Fsp3) is 0.630. The third kappa shape index (κ3) is 3.88. The zero-order valence-electron chi connectivity index (χ0n) is 21.1. The first-order valence-corrected chi connectivity index (χ1v) is 13.7. The number of carbonyl (C=O) groups is 1. The Balaban J connectivity index is 1.05. The van der Waals surface area contributed by atoms with Crippen LogP contribution >= 0.6 is 0 Å². The Hall–Kier alpha value is -2.94. The van der Waals surface area contributed by atoms with Gasteiger partial charge in [0.25, 0.3) is 0 Å². The molecule has 4 fully saturated rings. The van der Waals surface area contributed by atoms with Crippen LogP contribution in [0.3, 0.4) is 0 Å². The molecule has 190 valence electrons. The van der Waals surface area contributed by atoms with Gasteiger partial charge < -0.3 is 20.4 Å². The molecule has 2 aromatic rings. The topological polar surface area (TPSA) is 89.5 Å². The predicted molar refractivity (Wildman–Crippen MR) is 140 cm³/mol. The molecule has 3 aliphatic heterocycles. The molecule has 9 nitrogen and oxygen atoms in total. The van der Waals surface area contributed by atoms with E-state index in [4.69, 9.17) is 4.98 Å². The van der Waals surface area contributed by atoms with Crippen LogP contribution in [0.1, 0.15) is 51.0 Å². The zero-order chi connectivity index (χ0) is 24.3. The average molecular weight is 489 g/mol. The number of amides is 1. The van der Waals surface area contributed by atoms with E-state index in [1.807, 2.05) is 18.5 Å². The molecule has 36 heavy (non-hydrogen) atoms. The van der Waals surface area contributed by atoms with Crippen molar-refractivity contribution < 1.29 is 4.79 Å². The summed E-state index contributed by atoms with van der Waals surface area (Å²) < 4.78 is 0. The van der Waals surface area contributed by atoms with Gasteiger partial charge in [0.15, 0.2) is 0 Å². The number of rotatable bonds is 5. The molecule has 2 saturated carbocycles. The van der Waals surface area contributed by atoms with Gasteiger partial charge in [0.05, 0.1) is 17.4 Å². The molecule has 0 radical (unpaired) electrons. The van der Waals surface area contributed by atoms with Gasteiger partial charge in [0.1, 0.15) is 17.7 Å². The summed E-state index contributed by atoms with van der Waals surface area (Å²) in [5.74, 6) is 3.25. The van der Waals surface area contributed by atoms with Crippen molar-refractivity contribution in [3.05, 3.63) is 30.1 Å². The number of carbonyl (C=O) groups excluding carboxylic acids is 1. The minimum absolute atomic E-state index is 0.00480. The van der Waals surface area contributed by atoms with Crippen molar-refractivity contribution in [1.29, 1.82) is 0 Å². The van der Waals surface area contributed by atoms with Crippen molar-refractivity contribution in [3.63, 3.8) is 0 Å². The molecule has 2 N–H and O–H groups in total. The Kier molecular flexibility index (Phi) is 5.30. The molecule has 5 aliphatic rings. The number of pyridine rings is 1. The predicted octanol–water partition coefficient (Wildman–Crippen LogP) is 2.71. The van der Waals surface area contributed by atoms with Crippen LogP contribution in [0.25, 0.3) is 0 Å². The van der Waals surface area contributed by atoms with Crippen molar-refractivity contribution in [3.8, 4) is 0 Å². The summed E-state index contributed by atoms with van der Waals surface area (Å²) in [5.41, 5.74) is 2.22. The van der Waals surface area contributed by atoms with Crippen molar-refractivity contribution in [2.45, 2.75) is 69.5 Å². The number of anilines is 4. The third-order valence-corrected chi connectivity index (χ3v) is 9.04. The molecule has 0 bridgehead atoms. The van der Waals surface area contributed by atoms with Gasteiger partial charge in [-0.2, -0.15) is 4.98 Å². The molecule has 2 atom stereocenters. The number of piperazine rings is 2. The molecule has 5 heterocycles. The van der Waals surface area contributed by atoms with Crippen LogP contribution in [0.5, 0.6) is 0 Å². The Labute approximate surface area is 212 Å². The van der Waals surface area contributed by atoms with Crippen LogP contribution in [-0.4, -0.2) is 76.1 Å². The van der Waals surface area contributed by atoms with E-state index in [0.29, 0.717) is 25.0 Å². The number of nitrogens with one attached hydrogen (secondary N) is 2. The van der Waals surface area contributed by atoms with Crippen molar-refractivity contribution in [1.82, 2.24) is 25.2 Å². The van der Waals surface area contributed by atoms with Gasteiger partial charge in [-0.1, -0.05) is 12.8 Å². The summed E-state index contributed by atoms with van der Waals surface area (Å²) in [5, 5.41) is 6.47. The molecule has 9 heteroatoms. The molecule has 2 saturated heterocycles. The molecular formula is C27H36N8O. The van der Waals surface area contributed by atoms with Crippen molar-refractivity contribution in [2.75, 3.05) is 47.8 Å². The van der Waals surface area contributed by atoms with E-state index >= 15 is 0 Å². The highest BCUT2D eigenvalue weighted by molar-refractivity contribution is 5.90. The Bertz CT molecular complexity index is 1140. The second kappa shape index (κ2) is 8.57. The molecule has 1 spiro atoms. The Morgan fingerprint density at radius 3 is 2.75 bits per heavy atom. The van der Waals surface area contributed by atoms with E-state index in [0.717, 1.165) is 55.6 Å². The summed E-state index contributed by atoms with van der Waals surface area (Å²) in [6.07, 6.45) is 12.0. The quantitative estimate of drug-likeness (QED) is 0.664. The Morgan fingerprint density at radius 1 is 1.14 bits per heavy atom. The lowest BCUT2D eigenvalue weighted by molar-refractivity contribution is -0.124. The Morgan fingerprint density at radius 2 is 2.00 bits per heavy atom. The van der Waals surface area contributed by atoms with Crippen LogP contribution in [0.2, 0.25) is 0 Å². The second-order valence-corrected chi connectivity index (χ2v) is 11.5. The summed E-state index contributed by atoms with van der Waals surface area (Å²) in [7, 11) is 0. The largest absolute Gasteiger partial charge is 0.367 e. The highest BCUT2D eigenvalue weighted by Crippen LogP contribution is 2.45. The minimum atomic E-state index is -0.166. The molecule has 2 unspecified atom stereocenters. The van der Waals surface area contributed by atoms with E-state index in [-0.39, 0.29) is 17.5 Å². The lowest BCUT2D eigenvalue weighted by Gasteiger charge is -2.47. The summed E-state index contributed by atoms with van der Waals surface area (Å²) in [6, 6.07) is 4.56. The number of nitrogens with zero attached hydrogens (tertiary/aromatic N) is 6. The van der Waals surface area contributed by atoms with Crippen LogP contribution < -0.4 is 20.4 Å². The standard InChI is InChI=1S/C27H36N8O/c1-18-15-34(11-10-33(18)16-19-4-5-19)21-6-7-23(28-14-21)31-26-29-13-20-12-22-25(36)30-17-27(8-2-3-9-27)35(22)24(20)32-26/h6-7,13-14,18-19,22H,2-5,8-12,15-17H2,1H3,(H,30,36)(H,28,29,31,32). The van der Waals surface area contributed by atoms with Gasteiger partial charge in [-0.05, 0) is 50.7 Å². The van der Waals surface area contributed by atoms with Crippen LogP contribution in [0.4, 0.5) is 23.3 Å². The first-order chi connectivity index (χ1) is 17.6. The van der Waals surface area contributed by atoms with Gasteiger partial charge >= 0.3 is 0 Å². The molecular weight excluding hydrogens is 452 g/mol. The second-order valence-electron chi connectivity index (χ2n) is 11.5. The molecule has 2 aliphatic carbocycles. The fourth-order valence-electron chi connectivity index (χ4n) is 6.82. The minimum Gasteiger partial charge on any atom is -0.367 e. The van der Waals surface area contributed by atoms with Gasteiger partial charge in [-0.15, -0.1) is 0 Å². The highest BCUT2D eigenvalue weighted by atomic mass is 16.2. The lowest BCUT2D eigenvalue weighted by Crippen LogP contribution is -2.66. The third-order valence-electron chi connectivity index (χ3n) is 9.04. The number of aromatic nitrogens is 3. The van der Waals surface area contributed by atoms with Gasteiger partial charge in [0.2, 0.25) is 11.9 Å². The maximum absolute atomic E-state index is 12.7. The smallest absolute Gasteiger partial charge is 0.243 e. The lowest BCUT2D eigenvalue weighted by atomic mass is 9.90. The van der Waals surface area contributed by atoms with Gasteiger partial charge in [0, 0.05) is 56.9 Å².